The van der Waals surface area contributed by atoms with Gasteiger partial charge in [0.05, 0.1) is 13.4 Å². The number of amidine groups is 1. The summed E-state index contributed by atoms with van der Waals surface area (Å²) in [5, 5.41) is 15.7. The topological polar surface area (TPSA) is 154 Å². The van der Waals surface area contributed by atoms with Crippen molar-refractivity contribution in [3.63, 3.8) is 0 Å². The van der Waals surface area contributed by atoms with Crippen LogP contribution in [0, 0.1) is 11.7 Å². The summed E-state index contributed by atoms with van der Waals surface area (Å²) in [5.74, 6) is -2.03. The van der Waals surface area contributed by atoms with Gasteiger partial charge in [-0.1, -0.05) is 12.5 Å². The molecule has 38 heavy (non-hydrogen) atoms. The molecule has 204 valence electrons. The lowest BCUT2D eigenvalue weighted by atomic mass is 9.89. The fraction of sp³-hybridized carbons (Fsp3) is 0.391. The Morgan fingerprint density at radius 3 is 2.82 bits per heavy atom. The molecule has 0 unspecified atom stereocenters. The molecule has 3 heterocycles. The maximum Gasteiger partial charge on any atom is 0.287 e. The number of aliphatic hydroxyl groups is 1. The lowest BCUT2D eigenvalue weighted by Gasteiger charge is -2.38. The van der Waals surface area contributed by atoms with Crippen LogP contribution in [0.3, 0.4) is 0 Å². The monoisotopic (exact) mass is 584 g/mol. The summed E-state index contributed by atoms with van der Waals surface area (Å²) >= 11 is 1.02. The minimum Gasteiger partial charge on any atom is -0.511 e. The van der Waals surface area contributed by atoms with Crippen molar-refractivity contribution in [1.82, 2.24) is 9.62 Å². The number of sulfonamides is 2. The molecular formula is C23H25FN4O7S3. The second-order valence-corrected chi connectivity index (χ2v) is 13.6. The molecule has 0 spiro atoms. The molecule has 0 bridgehead atoms. The zero-order chi connectivity index (χ0) is 27.4. The van der Waals surface area contributed by atoms with E-state index < -0.39 is 37.7 Å². The van der Waals surface area contributed by atoms with Crippen molar-refractivity contribution in [3.8, 4) is 5.75 Å². The predicted octanol–water partition coefficient (Wildman–Crippen LogP) is 2.48. The number of anilines is 1. The van der Waals surface area contributed by atoms with Crippen LogP contribution in [-0.2, 0) is 37.9 Å². The highest BCUT2D eigenvalue weighted by Gasteiger charge is 2.47. The first-order chi connectivity index (χ1) is 17.9. The standard InChI is InChI=1S/C23H25FN4O7S3/c1-35-17-8-12(6-7-15(17)24)10-28-16-5-3-4-14(16)19(29)18(23(28)30)21-26-22-20(38(33,34)27-21)13(11-36-22)9-25-37(2,31)32/h6-8,11,14,16,25,29H,3-5,9-10H2,1-2H3,(H,26,27)/t14-,16+/m1/s1. The van der Waals surface area contributed by atoms with Crippen molar-refractivity contribution in [3.05, 3.63) is 51.9 Å². The highest BCUT2D eigenvalue weighted by Crippen LogP contribution is 2.43. The van der Waals surface area contributed by atoms with Crippen LogP contribution in [0.1, 0.15) is 30.4 Å². The Kier molecular flexibility index (Phi) is 6.74. The number of hydrogen-bond acceptors (Lipinski definition) is 9. The van der Waals surface area contributed by atoms with Crippen LogP contribution in [-0.4, -0.2) is 58.0 Å². The van der Waals surface area contributed by atoms with Crippen molar-refractivity contribution in [2.45, 2.75) is 43.3 Å². The molecule has 1 amide bonds. The second kappa shape index (κ2) is 9.63. The van der Waals surface area contributed by atoms with Gasteiger partial charge >= 0.3 is 0 Å². The Bertz CT molecular complexity index is 1600. The molecule has 2 atom stereocenters. The van der Waals surface area contributed by atoms with Gasteiger partial charge in [0, 0.05) is 30.6 Å². The van der Waals surface area contributed by atoms with Crippen LogP contribution in [0.15, 0.2) is 44.2 Å². The third-order valence-corrected chi connectivity index (χ3v) is 9.96. The SMILES string of the molecule is COc1cc(CN2C(=O)C(C3=NS(=O)(=O)c4c(CNS(C)(=O)=O)csc4N3)=C(O)[C@@H]3CCC[C@@H]32)ccc1F. The van der Waals surface area contributed by atoms with Crippen molar-refractivity contribution in [1.29, 1.82) is 0 Å². The molecule has 5 rings (SSSR count). The van der Waals surface area contributed by atoms with Crippen molar-refractivity contribution in [2.24, 2.45) is 10.3 Å². The number of ether oxygens (including phenoxy) is 1. The fourth-order valence-corrected chi connectivity index (χ4v) is 8.14. The van der Waals surface area contributed by atoms with Crippen LogP contribution in [0.25, 0.3) is 0 Å². The molecule has 2 aromatic rings. The number of aliphatic hydroxyl groups excluding tert-OH is 1. The number of halogens is 1. The third-order valence-electron chi connectivity index (χ3n) is 6.81. The number of benzene rings is 1. The number of rotatable bonds is 7. The van der Waals surface area contributed by atoms with E-state index in [1.54, 1.807) is 4.90 Å². The number of thiophene rings is 1. The van der Waals surface area contributed by atoms with Gasteiger partial charge in [0.1, 0.15) is 21.2 Å². The maximum absolute atomic E-state index is 13.9. The average molecular weight is 585 g/mol. The number of carbonyl (C=O) groups is 1. The first kappa shape index (κ1) is 26.6. The van der Waals surface area contributed by atoms with E-state index in [4.69, 9.17) is 4.74 Å². The summed E-state index contributed by atoms with van der Waals surface area (Å²) < 4.78 is 74.4. The third kappa shape index (κ3) is 4.79. The van der Waals surface area contributed by atoms with E-state index in [1.165, 1.54) is 30.7 Å². The summed E-state index contributed by atoms with van der Waals surface area (Å²) in [6.07, 6.45) is 2.97. The van der Waals surface area contributed by atoms with E-state index in [9.17, 15) is 31.1 Å². The number of amides is 1. The van der Waals surface area contributed by atoms with Crippen LogP contribution < -0.4 is 14.8 Å². The fourth-order valence-electron chi connectivity index (χ4n) is 5.12. The van der Waals surface area contributed by atoms with E-state index in [2.05, 4.69) is 14.4 Å². The zero-order valence-electron chi connectivity index (χ0n) is 20.4. The van der Waals surface area contributed by atoms with Gasteiger partial charge in [-0.05, 0) is 35.9 Å². The number of methoxy groups -OCH3 is 1. The molecule has 0 radical (unpaired) electrons. The lowest BCUT2D eigenvalue weighted by molar-refractivity contribution is -0.132. The molecular weight excluding hydrogens is 559 g/mol. The van der Waals surface area contributed by atoms with Crippen LogP contribution >= 0.6 is 11.3 Å². The van der Waals surface area contributed by atoms with Gasteiger partial charge in [0.25, 0.3) is 15.9 Å². The lowest BCUT2D eigenvalue weighted by Crippen LogP contribution is -2.49. The molecule has 1 aliphatic carbocycles. The minimum absolute atomic E-state index is 0.0318. The highest BCUT2D eigenvalue weighted by molar-refractivity contribution is 7.91. The number of nitrogens with one attached hydrogen (secondary N) is 2. The van der Waals surface area contributed by atoms with E-state index in [0.717, 1.165) is 24.0 Å². The Balaban J connectivity index is 1.50. The summed E-state index contributed by atoms with van der Waals surface area (Å²) in [6.45, 7) is -0.152. The molecule has 1 aromatic heterocycles. The Morgan fingerprint density at radius 1 is 1.34 bits per heavy atom. The van der Waals surface area contributed by atoms with E-state index >= 15 is 0 Å². The van der Waals surface area contributed by atoms with Crippen molar-refractivity contribution >= 4 is 48.1 Å². The molecule has 1 fully saturated rings. The number of carbonyl (C=O) groups excluding carboxylic acids is 1. The Hall–Kier alpha value is -3.01. The van der Waals surface area contributed by atoms with Gasteiger partial charge in [0.2, 0.25) is 10.0 Å². The summed E-state index contributed by atoms with van der Waals surface area (Å²) in [4.78, 5) is 15.1. The molecule has 0 saturated heterocycles. The van der Waals surface area contributed by atoms with Crippen molar-refractivity contribution in [2.75, 3.05) is 18.7 Å². The van der Waals surface area contributed by atoms with Crippen LogP contribution in [0.4, 0.5) is 9.39 Å². The average Bonchev–Trinajstić information content (AvgIpc) is 3.49. The number of hydrogen-bond donors (Lipinski definition) is 3. The second-order valence-electron chi connectivity index (χ2n) is 9.32. The summed E-state index contributed by atoms with van der Waals surface area (Å²) in [7, 11) is -6.56. The molecule has 1 saturated carbocycles. The number of fused-ring (bicyclic) bond motifs is 2. The van der Waals surface area contributed by atoms with Gasteiger partial charge < -0.3 is 20.1 Å². The van der Waals surface area contributed by atoms with Gasteiger partial charge in [0.15, 0.2) is 17.4 Å². The van der Waals surface area contributed by atoms with E-state index in [0.29, 0.717) is 18.4 Å². The van der Waals surface area contributed by atoms with E-state index in [1.807, 2.05) is 0 Å². The normalized spacial score (nSPS) is 22.6. The molecule has 11 nitrogen and oxygen atoms in total. The Labute approximate surface area is 223 Å². The molecule has 15 heteroatoms. The maximum atomic E-state index is 13.9. The van der Waals surface area contributed by atoms with E-state index in [-0.39, 0.29) is 57.5 Å². The summed E-state index contributed by atoms with van der Waals surface area (Å²) in [5.41, 5.74) is 0.583. The largest absolute Gasteiger partial charge is 0.511 e. The first-order valence-corrected chi connectivity index (χ1v) is 15.8. The Morgan fingerprint density at radius 2 is 2.11 bits per heavy atom. The smallest absolute Gasteiger partial charge is 0.287 e. The van der Waals surface area contributed by atoms with Crippen molar-refractivity contribution < 1.29 is 35.9 Å². The number of nitrogens with zero attached hydrogens (tertiary/aromatic N) is 2. The molecule has 2 aliphatic heterocycles. The van der Waals surface area contributed by atoms with Crippen LogP contribution in [0.2, 0.25) is 0 Å². The van der Waals surface area contributed by atoms with Crippen LogP contribution in [0.5, 0.6) is 5.75 Å². The quantitative estimate of drug-likeness (QED) is 0.449. The van der Waals surface area contributed by atoms with Gasteiger partial charge in [-0.2, -0.15) is 8.42 Å². The molecule has 1 aromatic carbocycles. The first-order valence-electron chi connectivity index (χ1n) is 11.6. The summed E-state index contributed by atoms with van der Waals surface area (Å²) in [6, 6.07) is 3.97. The zero-order valence-corrected chi connectivity index (χ0v) is 22.8. The van der Waals surface area contributed by atoms with Gasteiger partial charge in [-0.15, -0.1) is 15.7 Å². The molecule has 3 N–H and O–H groups in total. The predicted molar refractivity (Wildman–Crippen MR) is 139 cm³/mol. The van der Waals surface area contributed by atoms with Gasteiger partial charge in [-0.3, -0.25) is 4.79 Å². The minimum atomic E-state index is -4.33. The highest BCUT2D eigenvalue weighted by atomic mass is 32.2. The molecule has 3 aliphatic rings. The van der Waals surface area contributed by atoms with Gasteiger partial charge in [-0.25, -0.2) is 17.5 Å².